The second-order valence-electron chi connectivity index (χ2n) is 14.3. The first-order valence-corrected chi connectivity index (χ1v) is 21.4. The van der Waals surface area contributed by atoms with E-state index in [1.807, 2.05) is 0 Å². The maximum atomic E-state index is 13.3. The molecule has 63 heavy (non-hydrogen) atoms. The van der Waals surface area contributed by atoms with Gasteiger partial charge in [-0.3, -0.25) is 49.2 Å². The fourth-order valence-electron chi connectivity index (χ4n) is 7.22. The molecule has 2 amide bonds. The molecule has 21 heteroatoms. The van der Waals surface area contributed by atoms with Crippen LogP contribution in [-0.4, -0.2) is 129 Å². The van der Waals surface area contributed by atoms with Gasteiger partial charge in [0.25, 0.3) is 11.4 Å². The number of nitro groups is 2. The fourth-order valence-corrected chi connectivity index (χ4v) is 9.28. The molecule has 0 saturated carbocycles. The maximum absolute atomic E-state index is 13.3. The lowest BCUT2D eigenvalue weighted by molar-refractivity contribution is -0.387. The number of carbonyl (C=O) groups excluding carboxylic acids is 2. The number of hydrogen-bond acceptors (Lipinski definition) is 11. The van der Waals surface area contributed by atoms with Crippen LogP contribution in [-0.2, 0) is 19.2 Å². The molecule has 4 aromatic carbocycles. The van der Waals surface area contributed by atoms with Gasteiger partial charge in [-0.15, -0.1) is 0 Å². The van der Waals surface area contributed by atoms with Gasteiger partial charge in [0, 0.05) is 85.7 Å². The summed E-state index contributed by atoms with van der Waals surface area (Å²) < 4.78 is 0. The van der Waals surface area contributed by atoms with Crippen LogP contribution in [0.25, 0.3) is 34.4 Å². The van der Waals surface area contributed by atoms with E-state index in [1.165, 1.54) is 94.8 Å². The number of benzene rings is 4. The third kappa shape index (κ3) is 11.5. The molecule has 2 saturated heterocycles. The lowest BCUT2D eigenvalue weighted by Gasteiger charge is -2.33. The highest BCUT2D eigenvalue weighted by atomic mass is 35.5. The number of hydrogen-bond donors (Lipinski definition) is 2. The van der Waals surface area contributed by atoms with Crippen molar-refractivity contribution in [3.63, 3.8) is 0 Å². The first-order valence-electron chi connectivity index (χ1n) is 19.0. The second kappa shape index (κ2) is 20.8. The normalized spacial score (nSPS) is 15.0. The number of carbonyl (C=O) groups is 4. The summed E-state index contributed by atoms with van der Waals surface area (Å²) in [5, 5.41) is 45.2. The van der Waals surface area contributed by atoms with Gasteiger partial charge in [-0.2, -0.15) is 0 Å². The van der Waals surface area contributed by atoms with E-state index in [9.17, 15) is 39.4 Å². The zero-order valence-corrected chi connectivity index (χ0v) is 36.8. The van der Waals surface area contributed by atoms with Crippen molar-refractivity contribution in [2.45, 2.75) is 9.79 Å². The van der Waals surface area contributed by atoms with Crippen molar-refractivity contribution in [2.24, 2.45) is 0 Å². The molecule has 2 N–H and O–H groups in total. The Kier molecular flexibility index (Phi) is 15.5. The highest BCUT2D eigenvalue weighted by Gasteiger charge is 2.31. The van der Waals surface area contributed by atoms with Crippen LogP contribution in [0, 0.1) is 20.2 Å². The highest BCUT2D eigenvalue weighted by molar-refractivity contribution is 7.99. The van der Waals surface area contributed by atoms with E-state index in [0.29, 0.717) is 26.2 Å². The van der Waals surface area contributed by atoms with Crippen LogP contribution >= 0.6 is 58.2 Å². The Balaban J connectivity index is 1.42. The van der Waals surface area contributed by atoms with Crippen molar-refractivity contribution in [2.75, 3.05) is 65.4 Å². The minimum absolute atomic E-state index is 0.00692. The molecule has 328 valence electrons. The van der Waals surface area contributed by atoms with Crippen molar-refractivity contribution in [1.29, 1.82) is 0 Å². The summed E-state index contributed by atoms with van der Waals surface area (Å²) in [7, 11) is 0. The molecule has 2 heterocycles. The van der Waals surface area contributed by atoms with Crippen molar-refractivity contribution >= 4 is 105 Å². The average Bonchev–Trinajstić information content (AvgIpc) is 3.22. The quantitative estimate of drug-likeness (QED) is 0.0697. The number of nitro benzene ring substituents is 2. The first kappa shape index (κ1) is 47.0. The van der Waals surface area contributed by atoms with E-state index in [-0.39, 0.29) is 103 Å². The number of carboxylic acid groups (broad SMARTS) is 2. The number of rotatable bonds is 14. The van der Waals surface area contributed by atoms with Gasteiger partial charge in [-0.1, -0.05) is 82.4 Å². The fraction of sp³-hybridized carbons (Fsp3) is 0.238. The van der Waals surface area contributed by atoms with Gasteiger partial charge in [0.15, 0.2) is 0 Å². The lowest BCUT2D eigenvalue weighted by atomic mass is 9.97. The number of amides is 2. The van der Waals surface area contributed by atoms with E-state index in [4.69, 9.17) is 56.6 Å². The molecule has 16 nitrogen and oxygen atoms in total. The van der Waals surface area contributed by atoms with Crippen LogP contribution in [0.15, 0.2) is 82.6 Å². The largest absolute Gasteiger partial charge is 0.480 e. The summed E-state index contributed by atoms with van der Waals surface area (Å²) in [5.74, 6) is -2.77. The number of piperazine rings is 2. The number of aliphatic carboxylic acids is 2. The first-order chi connectivity index (χ1) is 30.0. The second-order valence-corrected chi connectivity index (χ2v) is 17.0. The van der Waals surface area contributed by atoms with Crippen LogP contribution in [0.2, 0.25) is 20.1 Å². The van der Waals surface area contributed by atoms with E-state index in [1.54, 1.807) is 9.80 Å². The zero-order valence-electron chi connectivity index (χ0n) is 32.9. The Morgan fingerprint density at radius 3 is 1.27 bits per heavy atom. The molecular weight excluding hydrogens is 922 g/mol. The predicted octanol–water partition coefficient (Wildman–Crippen LogP) is 8.09. The monoisotopic (exact) mass is 956 g/mol. The predicted molar refractivity (Wildman–Crippen MR) is 241 cm³/mol. The molecule has 0 spiro atoms. The molecule has 0 aromatic heterocycles. The van der Waals surface area contributed by atoms with Gasteiger partial charge in [0.05, 0.1) is 53.9 Å². The highest BCUT2D eigenvalue weighted by Crippen LogP contribution is 2.50. The molecule has 4 aromatic rings. The Hall–Kier alpha value is -5.53. The smallest absolute Gasteiger partial charge is 0.317 e. The number of halogens is 4. The third-order valence-electron chi connectivity index (χ3n) is 10.2. The Morgan fingerprint density at radius 1 is 0.587 bits per heavy atom. The van der Waals surface area contributed by atoms with Crippen LogP contribution in [0.5, 0.6) is 0 Å². The minimum atomic E-state index is -0.978. The molecule has 0 atom stereocenters. The summed E-state index contributed by atoms with van der Waals surface area (Å²) in [6.07, 6.45) is 5.34. The van der Waals surface area contributed by atoms with Gasteiger partial charge in [0.2, 0.25) is 11.8 Å². The maximum Gasteiger partial charge on any atom is 0.317 e. The van der Waals surface area contributed by atoms with Crippen molar-refractivity contribution < 1.29 is 39.2 Å². The van der Waals surface area contributed by atoms with E-state index >= 15 is 0 Å². The molecule has 0 radical (unpaired) electrons. The topological polar surface area (TPSA) is 208 Å². The van der Waals surface area contributed by atoms with E-state index < -0.39 is 45.0 Å². The van der Waals surface area contributed by atoms with Crippen LogP contribution in [0.3, 0.4) is 0 Å². The molecule has 6 rings (SSSR count). The van der Waals surface area contributed by atoms with Crippen molar-refractivity contribution in [1.82, 2.24) is 19.6 Å². The molecule has 0 bridgehead atoms. The summed E-state index contributed by atoms with van der Waals surface area (Å²) in [6, 6.07) is 14.6. The van der Waals surface area contributed by atoms with Gasteiger partial charge < -0.3 is 20.0 Å². The lowest BCUT2D eigenvalue weighted by Crippen LogP contribution is -2.49. The van der Waals surface area contributed by atoms with Crippen molar-refractivity contribution in [3.8, 4) is 22.3 Å². The molecule has 0 unspecified atom stereocenters. The molecule has 0 aliphatic carbocycles. The SMILES string of the molecule is O=C(O)CN1CCN(C(=O)/C=C/c2ccc(Sc3ccc(/C=C/C(=O)N4CCN(CC(=O)O)CC4)c(-c4ccc(Cl)cc4Cl)c3[N+](=O)[O-])c([N+](=O)[O-])c2-c2ccc(Cl)cc2Cl)CC1. The van der Waals surface area contributed by atoms with Gasteiger partial charge in [-0.25, -0.2) is 0 Å². The summed E-state index contributed by atoms with van der Waals surface area (Å²) in [5.41, 5.74) is -0.0872. The molecular formula is C42H36Cl4N6O10S. The van der Waals surface area contributed by atoms with Crippen LogP contribution in [0.4, 0.5) is 11.4 Å². The minimum Gasteiger partial charge on any atom is -0.480 e. The van der Waals surface area contributed by atoms with Crippen LogP contribution < -0.4 is 0 Å². The van der Waals surface area contributed by atoms with E-state index in [2.05, 4.69) is 0 Å². The molecule has 2 fully saturated rings. The standard InChI is InChI=1S/C42H36Cl4N6O10S/c43-27-5-7-29(31(45)21-27)39-25(3-11-35(53)49-17-13-47(14-18-49)23-37(55)56)1-9-33(41(39)51(59)60)63-34-10-2-26(4-12-36(54)50-19-15-48(16-20-50)24-38(57)58)40(42(34)52(61)62)30-8-6-28(44)22-32(30)46/h1-12,21-22H,13-20,23-24H2,(H,55,56)(H,57,58)/b11-3+,12-4+. The third-order valence-corrected chi connectivity index (χ3v) is 12.4. The van der Waals surface area contributed by atoms with Gasteiger partial charge in [-0.05, 0) is 59.7 Å². The number of carboxylic acids is 2. The average molecular weight is 959 g/mol. The van der Waals surface area contributed by atoms with Crippen molar-refractivity contribution in [3.05, 3.63) is 124 Å². The Morgan fingerprint density at radius 2 is 0.952 bits per heavy atom. The molecule has 2 aliphatic rings. The summed E-state index contributed by atoms with van der Waals surface area (Å²) >= 11 is 26.5. The summed E-state index contributed by atoms with van der Waals surface area (Å²) in [4.78, 5) is 80.4. The Bertz CT molecular complexity index is 2390. The Labute approximate surface area is 384 Å². The van der Waals surface area contributed by atoms with Gasteiger partial charge in [0.1, 0.15) is 0 Å². The summed E-state index contributed by atoms with van der Waals surface area (Å²) in [6.45, 7) is 2.13. The number of nitrogens with zero attached hydrogens (tertiary/aromatic N) is 6. The van der Waals surface area contributed by atoms with Crippen LogP contribution in [0.1, 0.15) is 11.1 Å². The molecule has 2 aliphatic heterocycles. The van der Waals surface area contributed by atoms with Gasteiger partial charge >= 0.3 is 11.9 Å². The van der Waals surface area contributed by atoms with E-state index in [0.717, 1.165) is 11.8 Å². The zero-order chi connectivity index (χ0) is 45.5.